The van der Waals surface area contributed by atoms with Crippen LogP contribution in [0.5, 0.6) is 0 Å². The lowest BCUT2D eigenvalue weighted by atomic mass is 9.84. The minimum Gasteiger partial charge on any atom is -0.512 e. The summed E-state index contributed by atoms with van der Waals surface area (Å²) in [6.45, 7) is 4.84. The Hall–Kier alpha value is -1.82. The zero-order chi connectivity index (χ0) is 17.1. The van der Waals surface area contributed by atoms with E-state index in [1.807, 2.05) is 13.8 Å². The summed E-state index contributed by atoms with van der Waals surface area (Å²) in [6.07, 6.45) is 1.66. The van der Waals surface area contributed by atoms with Crippen molar-refractivity contribution < 1.29 is 29.3 Å². The highest BCUT2D eigenvalue weighted by Gasteiger charge is 2.41. The first-order chi connectivity index (χ1) is 10.8. The molecule has 1 saturated heterocycles. The van der Waals surface area contributed by atoms with Crippen LogP contribution in [0.25, 0.3) is 0 Å². The van der Waals surface area contributed by atoms with Gasteiger partial charge in [-0.1, -0.05) is 6.92 Å². The lowest BCUT2D eigenvalue weighted by Crippen LogP contribution is -2.24. The van der Waals surface area contributed by atoms with Crippen LogP contribution in [0.1, 0.15) is 40.0 Å². The van der Waals surface area contributed by atoms with Gasteiger partial charge in [0.2, 0.25) is 0 Å². The Balaban J connectivity index is 2.32. The van der Waals surface area contributed by atoms with Crippen molar-refractivity contribution in [1.82, 2.24) is 0 Å². The molecular formula is C17H24O6. The van der Waals surface area contributed by atoms with Gasteiger partial charge in [0, 0.05) is 19.3 Å². The quantitative estimate of drug-likeness (QED) is 0.596. The number of esters is 2. The first kappa shape index (κ1) is 17.5. The number of fused-ring (bicyclic) bond motifs is 1. The van der Waals surface area contributed by atoms with Crippen LogP contribution >= 0.6 is 0 Å². The van der Waals surface area contributed by atoms with E-state index in [2.05, 4.69) is 0 Å². The van der Waals surface area contributed by atoms with E-state index in [-0.39, 0.29) is 36.6 Å². The topological polar surface area (TPSA) is 93.1 Å². The number of allylic oxidation sites excluding steroid dienone is 1. The standard InChI is InChI=1S/C17H24O6/c1-9-4-5-13-10(2)17(21)23-16(13)6-12(8-22-11(3)18)15(20)7-14(9)19/h6,10,13,15-16,19-20H,4-5,7-8H2,1-3H3/b12-6-,14-9+/t10?,13-,15-,16-/m0/s1. The molecule has 6 heteroatoms. The summed E-state index contributed by atoms with van der Waals surface area (Å²) in [7, 11) is 0. The third-order valence-electron chi connectivity index (χ3n) is 4.67. The maximum Gasteiger partial charge on any atom is 0.309 e. The fourth-order valence-corrected chi connectivity index (χ4v) is 3.03. The molecule has 23 heavy (non-hydrogen) atoms. The van der Waals surface area contributed by atoms with Crippen molar-refractivity contribution in [3.63, 3.8) is 0 Å². The summed E-state index contributed by atoms with van der Waals surface area (Å²) in [6, 6.07) is 0. The molecule has 1 aliphatic heterocycles. The lowest BCUT2D eigenvalue weighted by molar-refractivity contribution is -0.143. The zero-order valence-corrected chi connectivity index (χ0v) is 13.7. The molecule has 0 aromatic heterocycles. The smallest absolute Gasteiger partial charge is 0.309 e. The third-order valence-corrected chi connectivity index (χ3v) is 4.67. The molecule has 0 bridgehead atoms. The largest absolute Gasteiger partial charge is 0.512 e. The van der Waals surface area contributed by atoms with Gasteiger partial charge in [0.05, 0.1) is 17.8 Å². The van der Waals surface area contributed by atoms with Crippen LogP contribution in [0.4, 0.5) is 0 Å². The highest BCUT2D eigenvalue weighted by Crippen LogP contribution is 2.36. The number of aliphatic hydroxyl groups is 2. The fourth-order valence-electron chi connectivity index (χ4n) is 3.03. The number of hydrogen-bond acceptors (Lipinski definition) is 6. The van der Waals surface area contributed by atoms with E-state index in [1.165, 1.54) is 6.92 Å². The molecule has 0 aromatic carbocycles. The second kappa shape index (κ2) is 7.17. The van der Waals surface area contributed by atoms with Gasteiger partial charge < -0.3 is 19.7 Å². The number of rotatable bonds is 2. The lowest BCUT2D eigenvalue weighted by Gasteiger charge is -2.23. The molecule has 0 radical (unpaired) electrons. The molecule has 1 unspecified atom stereocenters. The number of aliphatic hydroxyl groups excluding tert-OH is 2. The molecule has 2 rings (SSSR count). The summed E-state index contributed by atoms with van der Waals surface area (Å²) in [5.41, 5.74) is 1.24. The average Bonchev–Trinajstić information content (AvgIpc) is 2.74. The van der Waals surface area contributed by atoms with Crippen molar-refractivity contribution in [3.05, 3.63) is 23.0 Å². The van der Waals surface area contributed by atoms with E-state index < -0.39 is 18.2 Å². The van der Waals surface area contributed by atoms with Gasteiger partial charge in [0.25, 0.3) is 0 Å². The summed E-state index contributed by atoms with van der Waals surface area (Å²) in [5.74, 6) is -0.842. The molecule has 0 amide bonds. The Morgan fingerprint density at radius 2 is 2.17 bits per heavy atom. The highest BCUT2D eigenvalue weighted by molar-refractivity contribution is 5.75. The molecule has 1 heterocycles. The van der Waals surface area contributed by atoms with Gasteiger partial charge in [-0.15, -0.1) is 0 Å². The Morgan fingerprint density at radius 1 is 1.48 bits per heavy atom. The van der Waals surface area contributed by atoms with Crippen LogP contribution < -0.4 is 0 Å². The second-order valence-electron chi connectivity index (χ2n) is 6.36. The Morgan fingerprint density at radius 3 is 2.83 bits per heavy atom. The van der Waals surface area contributed by atoms with Crippen LogP contribution in [0.2, 0.25) is 0 Å². The number of hydrogen-bond donors (Lipinski definition) is 2. The van der Waals surface area contributed by atoms with E-state index in [0.29, 0.717) is 18.4 Å². The molecule has 0 aromatic rings. The van der Waals surface area contributed by atoms with Crippen molar-refractivity contribution >= 4 is 11.9 Å². The van der Waals surface area contributed by atoms with Gasteiger partial charge in [-0.2, -0.15) is 0 Å². The minimum atomic E-state index is -0.988. The number of carbonyl (C=O) groups excluding carboxylic acids is 2. The van der Waals surface area contributed by atoms with Crippen molar-refractivity contribution in [2.24, 2.45) is 11.8 Å². The van der Waals surface area contributed by atoms with Crippen LogP contribution in [0, 0.1) is 11.8 Å². The van der Waals surface area contributed by atoms with E-state index in [0.717, 1.165) is 5.57 Å². The summed E-state index contributed by atoms with van der Waals surface area (Å²) in [5, 5.41) is 20.5. The molecular weight excluding hydrogens is 300 g/mol. The molecule has 128 valence electrons. The first-order valence-electron chi connectivity index (χ1n) is 7.89. The first-order valence-corrected chi connectivity index (χ1v) is 7.89. The molecule has 6 nitrogen and oxygen atoms in total. The van der Waals surface area contributed by atoms with E-state index in [1.54, 1.807) is 6.08 Å². The van der Waals surface area contributed by atoms with Crippen molar-refractivity contribution in [3.8, 4) is 0 Å². The van der Waals surface area contributed by atoms with Gasteiger partial charge in [-0.3, -0.25) is 9.59 Å². The Labute approximate surface area is 135 Å². The van der Waals surface area contributed by atoms with Crippen molar-refractivity contribution in [1.29, 1.82) is 0 Å². The van der Waals surface area contributed by atoms with Gasteiger partial charge in [-0.05, 0) is 37.0 Å². The fraction of sp³-hybridized carbons (Fsp3) is 0.647. The highest BCUT2D eigenvalue weighted by atomic mass is 16.6. The zero-order valence-electron chi connectivity index (χ0n) is 13.7. The molecule has 0 spiro atoms. The van der Waals surface area contributed by atoms with Gasteiger partial charge >= 0.3 is 11.9 Å². The van der Waals surface area contributed by atoms with Gasteiger partial charge in [0.1, 0.15) is 12.7 Å². The van der Waals surface area contributed by atoms with E-state index >= 15 is 0 Å². The van der Waals surface area contributed by atoms with E-state index in [4.69, 9.17) is 9.47 Å². The SMILES string of the molecule is CC(=O)OC/C1=C/[C@@H]2OC(=O)C(C)[C@@H]2CC/C(C)=C(/O)C[C@@H]1O. The van der Waals surface area contributed by atoms with E-state index in [9.17, 15) is 19.8 Å². The predicted octanol–water partition coefficient (Wildman–Crippen LogP) is 2.03. The molecule has 1 fully saturated rings. The van der Waals surface area contributed by atoms with Crippen LogP contribution in [-0.4, -0.2) is 41.0 Å². The monoisotopic (exact) mass is 324 g/mol. The number of carbonyl (C=O) groups is 2. The summed E-state index contributed by atoms with van der Waals surface area (Å²) < 4.78 is 10.4. The molecule has 0 saturated carbocycles. The van der Waals surface area contributed by atoms with Crippen molar-refractivity contribution in [2.75, 3.05) is 6.61 Å². The second-order valence-corrected chi connectivity index (χ2v) is 6.36. The van der Waals surface area contributed by atoms with Gasteiger partial charge in [-0.25, -0.2) is 0 Å². The molecule has 2 aliphatic rings. The maximum absolute atomic E-state index is 11.9. The average molecular weight is 324 g/mol. The Kier molecular flexibility index (Phi) is 5.46. The minimum absolute atomic E-state index is 0.0251. The normalized spacial score (nSPS) is 37.4. The van der Waals surface area contributed by atoms with Crippen molar-refractivity contribution in [2.45, 2.75) is 52.2 Å². The predicted molar refractivity (Wildman–Crippen MR) is 82.4 cm³/mol. The maximum atomic E-state index is 11.9. The third kappa shape index (κ3) is 4.13. The number of ether oxygens (including phenoxy) is 2. The van der Waals surface area contributed by atoms with Crippen LogP contribution in [0.3, 0.4) is 0 Å². The summed E-state index contributed by atoms with van der Waals surface area (Å²) in [4.78, 5) is 22.9. The van der Waals surface area contributed by atoms with Crippen LogP contribution in [0.15, 0.2) is 23.0 Å². The Bertz CT molecular complexity index is 547. The van der Waals surface area contributed by atoms with Gasteiger partial charge in [0.15, 0.2) is 0 Å². The summed E-state index contributed by atoms with van der Waals surface area (Å²) >= 11 is 0. The molecule has 1 aliphatic carbocycles. The molecule has 4 atom stereocenters. The molecule has 2 N–H and O–H groups in total. The van der Waals surface area contributed by atoms with Crippen LogP contribution in [-0.2, 0) is 19.1 Å².